The normalized spacial score (nSPS) is 14.8. The van der Waals surface area contributed by atoms with Crippen molar-refractivity contribution < 1.29 is 9.47 Å². The quantitative estimate of drug-likeness (QED) is 0.571. The Bertz CT molecular complexity index is 1150. The predicted octanol–water partition coefficient (Wildman–Crippen LogP) is 4.27. The van der Waals surface area contributed by atoms with E-state index in [4.69, 9.17) is 9.47 Å². The summed E-state index contributed by atoms with van der Waals surface area (Å²) in [6, 6.07) is 17.0. The van der Waals surface area contributed by atoms with Crippen LogP contribution in [0.25, 0.3) is 21.9 Å². The minimum Gasteiger partial charge on any atom is -0.372 e. The second-order valence-electron chi connectivity index (χ2n) is 6.46. The van der Waals surface area contributed by atoms with Crippen LogP contribution in [0.1, 0.15) is 22.3 Å². The Morgan fingerprint density at radius 2 is 1.69 bits per heavy atom. The van der Waals surface area contributed by atoms with Crippen molar-refractivity contribution in [2.45, 2.75) is 13.2 Å². The lowest BCUT2D eigenvalue weighted by Gasteiger charge is -2.14. The zero-order valence-electron chi connectivity index (χ0n) is 14.3. The summed E-state index contributed by atoms with van der Waals surface area (Å²) in [5, 5.41) is 2.39. The highest BCUT2D eigenvalue weighted by molar-refractivity contribution is 6.03. The van der Waals surface area contributed by atoms with Crippen LogP contribution < -0.4 is 0 Å². The molecule has 3 aromatic rings. The van der Waals surface area contributed by atoms with Gasteiger partial charge in [0.2, 0.25) is 0 Å². The first-order valence-corrected chi connectivity index (χ1v) is 8.71. The van der Waals surface area contributed by atoms with Gasteiger partial charge in [-0.3, -0.25) is 0 Å². The van der Waals surface area contributed by atoms with Gasteiger partial charge in [-0.1, -0.05) is 47.9 Å². The van der Waals surface area contributed by atoms with Crippen LogP contribution in [0.5, 0.6) is 0 Å². The molecule has 0 saturated heterocycles. The number of benzene rings is 3. The average molecular weight is 336 g/mol. The van der Waals surface area contributed by atoms with E-state index in [-0.39, 0.29) is 0 Å². The number of fused-ring (bicyclic) bond motifs is 5. The van der Waals surface area contributed by atoms with Gasteiger partial charge < -0.3 is 9.47 Å². The molecule has 2 aliphatic rings. The van der Waals surface area contributed by atoms with E-state index in [1.807, 2.05) is 6.07 Å². The fourth-order valence-corrected chi connectivity index (χ4v) is 3.71. The van der Waals surface area contributed by atoms with Crippen LogP contribution in [0.3, 0.4) is 0 Å². The Labute approximate surface area is 152 Å². The van der Waals surface area contributed by atoms with Crippen molar-refractivity contribution in [3.8, 4) is 34.8 Å². The van der Waals surface area contributed by atoms with Gasteiger partial charge in [0.05, 0.1) is 13.2 Å². The van der Waals surface area contributed by atoms with Crippen molar-refractivity contribution in [3.05, 3.63) is 70.8 Å². The summed E-state index contributed by atoms with van der Waals surface area (Å²) in [4.78, 5) is 0. The van der Waals surface area contributed by atoms with Crippen molar-refractivity contribution in [2.24, 2.45) is 0 Å². The minimum absolute atomic E-state index is 0.381. The fourth-order valence-electron chi connectivity index (χ4n) is 3.71. The molecule has 0 aromatic heterocycles. The van der Waals surface area contributed by atoms with E-state index in [9.17, 15) is 0 Å². The van der Waals surface area contributed by atoms with Gasteiger partial charge in [-0.15, -0.1) is 0 Å². The molecule has 2 aliphatic heterocycles. The smallest absolute Gasteiger partial charge is 0.109 e. The fraction of sp³-hybridized carbons (Fsp3) is 0.167. The Morgan fingerprint density at radius 3 is 2.65 bits per heavy atom. The first kappa shape index (κ1) is 15.2. The van der Waals surface area contributed by atoms with Crippen LogP contribution >= 0.6 is 0 Å². The molecule has 0 amide bonds. The van der Waals surface area contributed by atoms with E-state index in [0.717, 1.165) is 11.1 Å². The molecule has 0 atom stereocenters. The Morgan fingerprint density at radius 1 is 0.808 bits per heavy atom. The lowest BCUT2D eigenvalue weighted by atomic mass is 9.88. The molecule has 2 bridgehead atoms. The summed E-state index contributed by atoms with van der Waals surface area (Å²) < 4.78 is 11.3. The Kier molecular flexibility index (Phi) is 3.72. The van der Waals surface area contributed by atoms with Gasteiger partial charge in [-0.2, -0.15) is 0 Å². The van der Waals surface area contributed by atoms with Gasteiger partial charge in [-0.05, 0) is 51.9 Å². The summed E-state index contributed by atoms with van der Waals surface area (Å²) in [6.45, 7) is 2.08. The molecule has 0 fully saturated rings. The number of hydrogen-bond acceptors (Lipinski definition) is 2. The second-order valence-corrected chi connectivity index (χ2v) is 6.46. The monoisotopic (exact) mass is 336 g/mol. The predicted molar refractivity (Wildman–Crippen MR) is 102 cm³/mol. The maximum atomic E-state index is 5.77. The molecule has 3 aromatic carbocycles. The van der Waals surface area contributed by atoms with E-state index >= 15 is 0 Å². The number of rotatable bonds is 0. The highest BCUT2D eigenvalue weighted by Gasteiger charge is 2.21. The number of ether oxygens (including phenoxy) is 2. The van der Waals surface area contributed by atoms with Crippen LogP contribution in [0.2, 0.25) is 0 Å². The highest BCUT2D eigenvalue weighted by atomic mass is 16.5. The third-order valence-electron chi connectivity index (χ3n) is 4.83. The van der Waals surface area contributed by atoms with Gasteiger partial charge in [0.25, 0.3) is 0 Å². The average Bonchev–Trinajstić information content (AvgIpc) is 3.13. The van der Waals surface area contributed by atoms with Gasteiger partial charge in [0.1, 0.15) is 13.2 Å². The summed E-state index contributed by atoms with van der Waals surface area (Å²) in [7, 11) is 0. The molecule has 2 nitrogen and oxygen atoms in total. The van der Waals surface area contributed by atoms with Crippen molar-refractivity contribution in [1.29, 1.82) is 0 Å². The van der Waals surface area contributed by atoms with Crippen LogP contribution in [0, 0.1) is 23.7 Å². The van der Waals surface area contributed by atoms with E-state index < -0.39 is 0 Å². The van der Waals surface area contributed by atoms with Crippen LogP contribution in [0.15, 0.2) is 48.5 Å². The summed E-state index contributed by atoms with van der Waals surface area (Å²) in [6.07, 6.45) is 0. The molecule has 2 heteroatoms. The van der Waals surface area contributed by atoms with Gasteiger partial charge in [0.15, 0.2) is 0 Å². The summed E-state index contributed by atoms with van der Waals surface area (Å²) >= 11 is 0. The standard InChI is InChI=1S/C24H16O2/c1-5-17-6-3-11-25-12-4-10-18-7-2-9-20-14-21-15-26-16-22(21)24(23(18)20)19(8-1)13-17/h1-2,5,7-9,13-14H,11-12,15-16H2. The third-order valence-corrected chi connectivity index (χ3v) is 4.83. The molecule has 26 heavy (non-hydrogen) atoms. The SMILES string of the molecule is C1#Cc2cccc(c2)-c2c3c(cc4cccc(c24)C#CCOC1)COC3. The van der Waals surface area contributed by atoms with Gasteiger partial charge in [0, 0.05) is 16.5 Å². The van der Waals surface area contributed by atoms with Crippen molar-refractivity contribution in [1.82, 2.24) is 0 Å². The second kappa shape index (κ2) is 6.36. The maximum Gasteiger partial charge on any atom is 0.109 e. The zero-order valence-corrected chi connectivity index (χ0v) is 14.3. The van der Waals surface area contributed by atoms with Crippen molar-refractivity contribution in [3.63, 3.8) is 0 Å². The number of hydrogen-bond donors (Lipinski definition) is 0. The molecular formula is C24H16O2. The van der Waals surface area contributed by atoms with Crippen LogP contribution in [0.4, 0.5) is 0 Å². The zero-order chi connectivity index (χ0) is 17.3. The van der Waals surface area contributed by atoms with Crippen molar-refractivity contribution >= 4 is 10.8 Å². The lowest BCUT2D eigenvalue weighted by Crippen LogP contribution is -1.94. The van der Waals surface area contributed by atoms with Gasteiger partial charge in [-0.25, -0.2) is 0 Å². The largest absolute Gasteiger partial charge is 0.372 e. The third kappa shape index (κ3) is 2.57. The molecule has 2 heterocycles. The maximum absolute atomic E-state index is 5.77. The lowest BCUT2D eigenvalue weighted by molar-refractivity contribution is 0.134. The molecule has 0 aliphatic carbocycles. The molecule has 5 rings (SSSR count). The Hall–Kier alpha value is -3.04. The molecule has 0 unspecified atom stereocenters. The van der Waals surface area contributed by atoms with E-state index in [1.54, 1.807) is 0 Å². The van der Waals surface area contributed by atoms with Crippen LogP contribution in [-0.2, 0) is 22.7 Å². The van der Waals surface area contributed by atoms with E-state index in [1.165, 1.54) is 33.0 Å². The Balaban J connectivity index is 1.91. The van der Waals surface area contributed by atoms with Crippen molar-refractivity contribution in [2.75, 3.05) is 13.2 Å². The minimum atomic E-state index is 0.381. The van der Waals surface area contributed by atoms with Crippen LogP contribution in [-0.4, -0.2) is 13.2 Å². The molecule has 0 spiro atoms. The van der Waals surface area contributed by atoms with Gasteiger partial charge >= 0.3 is 0 Å². The molecule has 0 saturated carbocycles. The topological polar surface area (TPSA) is 18.5 Å². The molecular weight excluding hydrogens is 320 g/mol. The first-order valence-electron chi connectivity index (χ1n) is 8.71. The van der Waals surface area contributed by atoms with E-state index in [0.29, 0.717) is 26.4 Å². The summed E-state index contributed by atoms with van der Waals surface area (Å²) in [5.41, 5.74) is 6.95. The highest BCUT2D eigenvalue weighted by Crippen LogP contribution is 2.39. The summed E-state index contributed by atoms with van der Waals surface area (Å²) in [5.74, 6) is 12.7. The van der Waals surface area contributed by atoms with E-state index in [2.05, 4.69) is 66.1 Å². The first-order chi connectivity index (χ1) is 12.9. The molecule has 0 N–H and O–H groups in total. The molecule has 0 radical (unpaired) electrons. The molecule has 124 valence electrons.